The summed E-state index contributed by atoms with van der Waals surface area (Å²) >= 11 is 0. The Kier molecular flexibility index (Phi) is 7.59. The van der Waals surface area contributed by atoms with Gasteiger partial charge in [0.1, 0.15) is 11.5 Å². The molecule has 0 bridgehead atoms. The number of hydrogen-bond acceptors (Lipinski definition) is 9. The lowest BCUT2D eigenvalue weighted by Gasteiger charge is -2.34. The molecule has 9 nitrogen and oxygen atoms in total. The van der Waals surface area contributed by atoms with Crippen LogP contribution >= 0.6 is 0 Å². The molecule has 1 atom stereocenters. The van der Waals surface area contributed by atoms with Crippen molar-refractivity contribution in [2.24, 2.45) is 0 Å². The van der Waals surface area contributed by atoms with Crippen molar-refractivity contribution in [3.63, 3.8) is 0 Å². The molecule has 1 saturated heterocycles. The first-order valence-electron chi connectivity index (χ1n) is 12.1. The minimum absolute atomic E-state index is 0.120. The van der Waals surface area contributed by atoms with Crippen molar-refractivity contribution in [3.8, 4) is 11.5 Å². The molecule has 2 aliphatic rings. The molecule has 1 aliphatic heterocycles. The van der Waals surface area contributed by atoms with Crippen LogP contribution in [-0.2, 0) is 0 Å². The maximum atomic E-state index is 13.6. The average molecular weight is 483 g/mol. The van der Waals surface area contributed by atoms with Crippen molar-refractivity contribution in [1.29, 1.82) is 0 Å². The zero-order chi connectivity index (χ0) is 25.1. The first-order chi connectivity index (χ1) is 16.8. The normalized spacial score (nSPS) is 17.9. The van der Waals surface area contributed by atoms with Crippen molar-refractivity contribution in [2.45, 2.75) is 25.3 Å². The number of ketones is 2. The molecule has 1 aliphatic carbocycles. The minimum atomic E-state index is -0.507. The topological polar surface area (TPSA) is 125 Å². The Balaban J connectivity index is 1.67. The maximum absolute atomic E-state index is 13.6. The van der Waals surface area contributed by atoms with Crippen LogP contribution in [0.4, 0.5) is 11.4 Å². The highest BCUT2D eigenvalue weighted by Crippen LogP contribution is 2.42. The zero-order valence-corrected chi connectivity index (χ0v) is 20.3. The number of nitrogens with zero attached hydrogens (tertiary/aromatic N) is 2. The van der Waals surface area contributed by atoms with E-state index >= 15 is 0 Å². The van der Waals surface area contributed by atoms with Crippen molar-refractivity contribution in [3.05, 3.63) is 46.5 Å². The molecule has 1 unspecified atom stereocenters. The van der Waals surface area contributed by atoms with E-state index in [1.54, 1.807) is 12.1 Å². The molecule has 1 heterocycles. The van der Waals surface area contributed by atoms with Crippen LogP contribution in [0.5, 0.6) is 11.5 Å². The third kappa shape index (κ3) is 4.98. The molecular formula is C26H34N4O5. The fraction of sp³-hybridized carbons (Fsp3) is 0.462. The highest BCUT2D eigenvalue weighted by molar-refractivity contribution is 6.33. The quantitative estimate of drug-likeness (QED) is 0.292. The molecule has 2 aromatic rings. The average Bonchev–Trinajstić information content (AvgIpc) is 2.84. The van der Waals surface area contributed by atoms with Crippen LogP contribution in [-0.4, -0.2) is 96.2 Å². The number of anilines is 2. The van der Waals surface area contributed by atoms with Crippen LogP contribution in [0.2, 0.25) is 0 Å². The Bertz CT molecular complexity index is 1120. The molecule has 35 heavy (non-hydrogen) atoms. The lowest BCUT2D eigenvalue weighted by atomic mass is 9.81. The number of aromatic hydroxyl groups is 2. The monoisotopic (exact) mass is 482 g/mol. The van der Waals surface area contributed by atoms with Crippen LogP contribution in [0.25, 0.3) is 0 Å². The van der Waals surface area contributed by atoms with Crippen molar-refractivity contribution < 1.29 is 24.9 Å². The predicted molar refractivity (Wildman–Crippen MR) is 135 cm³/mol. The standard InChI is InChI=1S/C26H34N4O5/c1-29(2)13-10-27-17-6-7-18(28-11-14-30-12-4-3-5-16(30)15-31)22-21(17)25(34)23-19(32)8-9-20(33)24(23)26(22)35/h6-9,16,27-28,31-33H,3-5,10-15H2,1-2H3. The Morgan fingerprint density at radius 2 is 1.46 bits per heavy atom. The Morgan fingerprint density at radius 3 is 2.00 bits per heavy atom. The number of nitrogens with one attached hydrogen (secondary N) is 2. The first kappa shape index (κ1) is 25.0. The van der Waals surface area contributed by atoms with Gasteiger partial charge in [-0.1, -0.05) is 6.42 Å². The van der Waals surface area contributed by atoms with Gasteiger partial charge in [0, 0.05) is 43.6 Å². The van der Waals surface area contributed by atoms with E-state index < -0.39 is 11.6 Å². The number of phenols is 2. The van der Waals surface area contributed by atoms with Gasteiger partial charge in [0.25, 0.3) is 0 Å². The molecule has 0 spiro atoms. The molecule has 9 heteroatoms. The number of rotatable bonds is 9. The highest BCUT2D eigenvalue weighted by atomic mass is 16.3. The number of hydrogen-bond donors (Lipinski definition) is 5. The SMILES string of the molecule is CN(C)CCNc1ccc(NCCN2CCCCC2CO)c2c1C(=O)c1c(O)ccc(O)c1C2=O. The Labute approximate surface area is 205 Å². The van der Waals surface area contributed by atoms with Gasteiger partial charge in [0.2, 0.25) is 11.6 Å². The van der Waals surface area contributed by atoms with Gasteiger partial charge in [-0.3, -0.25) is 14.5 Å². The summed E-state index contributed by atoms with van der Waals surface area (Å²) in [5.41, 5.74) is 1.05. The van der Waals surface area contributed by atoms with E-state index in [1.807, 2.05) is 19.0 Å². The van der Waals surface area contributed by atoms with Crippen molar-refractivity contribution >= 4 is 22.9 Å². The van der Waals surface area contributed by atoms with Crippen LogP contribution in [0.1, 0.15) is 51.1 Å². The number of likely N-dealkylation sites (N-methyl/N-ethyl adjacent to an activating group) is 1. The van der Waals surface area contributed by atoms with E-state index in [2.05, 4.69) is 15.5 Å². The lowest BCUT2D eigenvalue weighted by molar-refractivity contribution is 0.0939. The second kappa shape index (κ2) is 10.6. The number of likely N-dealkylation sites (tertiary alicyclic amines) is 1. The summed E-state index contributed by atoms with van der Waals surface area (Å²) in [5.74, 6) is -1.68. The number of aliphatic hydroxyl groups is 1. The summed E-state index contributed by atoms with van der Waals surface area (Å²) in [7, 11) is 3.89. The molecule has 1 fully saturated rings. The van der Waals surface area contributed by atoms with Gasteiger partial charge in [0.05, 0.1) is 28.9 Å². The summed E-state index contributed by atoms with van der Waals surface area (Å²) in [6.45, 7) is 3.53. The number of phenolic OH excluding ortho intramolecular Hbond substituents is 2. The number of fused-ring (bicyclic) bond motifs is 2. The number of benzene rings is 2. The van der Waals surface area contributed by atoms with E-state index in [0.29, 0.717) is 31.0 Å². The fourth-order valence-electron chi connectivity index (χ4n) is 4.97. The molecule has 0 aromatic heterocycles. The summed E-state index contributed by atoms with van der Waals surface area (Å²) in [5, 5.41) is 37.0. The summed E-state index contributed by atoms with van der Waals surface area (Å²) < 4.78 is 0. The molecule has 0 radical (unpaired) electrons. The third-order valence-corrected chi connectivity index (χ3v) is 6.82. The number of piperidine rings is 1. The van der Waals surface area contributed by atoms with E-state index in [1.165, 1.54) is 12.1 Å². The van der Waals surface area contributed by atoms with Crippen molar-refractivity contribution in [2.75, 3.05) is 64.1 Å². The molecule has 4 rings (SSSR count). The second-order valence-corrected chi connectivity index (χ2v) is 9.45. The zero-order valence-electron chi connectivity index (χ0n) is 20.3. The predicted octanol–water partition coefficient (Wildman–Crippen LogP) is 2.11. The summed E-state index contributed by atoms with van der Waals surface area (Å²) in [6, 6.07) is 6.12. The van der Waals surface area contributed by atoms with Gasteiger partial charge in [-0.2, -0.15) is 0 Å². The van der Waals surface area contributed by atoms with Crippen LogP contribution in [0, 0.1) is 0 Å². The molecule has 0 saturated carbocycles. The van der Waals surface area contributed by atoms with E-state index in [0.717, 1.165) is 32.4 Å². The van der Waals surface area contributed by atoms with Crippen LogP contribution < -0.4 is 10.6 Å². The smallest absolute Gasteiger partial charge is 0.200 e. The summed E-state index contributed by atoms with van der Waals surface area (Å²) in [6.07, 6.45) is 3.16. The highest BCUT2D eigenvalue weighted by Gasteiger charge is 2.38. The fourth-order valence-corrected chi connectivity index (χ4v) is 4.97. The Hall–Kier alpha value is -3.14. The molecule has 5 N–H and O–H groups in total. The number of aliphatic hydroxyl groups excluding tert-OH is 1. The largest absolute Gasteiger partial charge is 0.507 e. The first-order valence-corrected chi connectivity index (χ1v) is 12.1. The van der Waals surface area contributed by atoms with Gasteiger partial charge < -0.3 is 30.9 Å². The third-order valence-electron chi connectivity index (χ3n) is 6.82. The van der Waals surface area contributed by atoms with Gasteiger partial charge in [-0.05, 0) is 57.7 Å². The molecule has 0 amide bonds. The van der Waals surface area contributed by atoms with Crippen molar-refractivity contribution in [1.82, 2.24) is 9.80 Å². The molecular weight excluding hydrogens is 448 g/mol. The van der Waals surface area contributed by atoms with Gasteiger partial charge in [-0.15, -0.1) is 0 Å². The van der Waals surface area contributed by atoms with Crippen LogP contribution in [0.15, 0.2) is 24.3 Å². The Morgan fingerprint density at radius 1 is 0.886 bits per heavy atom. The minimum Gasteiger partial charge on any atom is -0.507 e. The van der Waals surface area contributed by atoms with E-state index in [9.17, 15) is 24.9 Å². The van der Waals surface area contributed by atoms with Crippen LogP contribution in [0.3, 0.4) is 0 Å². The number of carbonyl (C=O) groups is 2. The summed E-state index contributed by atoms with van der Waals surface area (Å²) in [4.78, 5) is 31.4. The second-order valence-electron chi connectivity index (χ2n) is 9.45. The molecule has 188 valence electrons. The number of carbonyl (C=O) groups excluding carboxylic acids is 2. The maximum Gasteiger partial charge on any atom is 0.200 e. The van der Waals surface area contributed by atoms with E-state index in [4.69, 9.17) is 0 Å². The lowest BCUT2D eigenvalue weighted by Crippen LogP contribution is -2.44. The van der Waals surface area contributed by atoms with Gasteiger partial charge >= 0.3 is 0 Å². The molecule has 2 aromatic carbocycles. The van der Waals surface area contributed by atoms with E-state index in [-0.39, 0.29) is 46.4 Å². The van der Waals surface area contributed by atoms with Gasteiger partial charge in [0.15, 0.2) is 0 Å². The van der Waals surface area contributed by atoms with Gasteiger partial charge in [-0.25, -0.2) is 0 Å².